The minimum atomic E-state index is -0.00635. The van der Waals surface area contributed by atoms with Gasteiger partial charge < -0.3 is 10.5 Å². The molecule has 2 N–H and O–H groups in total. The number of ether oxygens (including phenoxy) is 1. The summed E-state index contributed by atoms with van der Waals surface area (Å²) in [7, 11) is 0. The predicted molar refractivity (Wildman–Crippen MR) is 95.8 cm³/mol. The van der Waals surface area contributed by atoms with Crippen LogP contribution in [0.1, 0.15) is 44.2 Å². The zero-order chi connectivity index (χ0) is 16.3. The van der Waals surface area contributed by atoms with Crippen LogP contribution in [0.3, 0.4) is 0 Å². The standard InChI is InChI=1S/C21H27NO/c1-21(2,17-8-4-3-5-9-17)18-11-13-19(14-12-18)23-15-16-7-6-10-20(16)22/h3-5,8-9,11-14,16,20H,6-7,10,15,22H2,1-2H3/t16-,20-/m0/s1. The molecule has 0 bridgehead atoms. The van der Waals surface area contributed by atoms with E-state index < -0.39 is 0 Å². The smallest absolute Gasteiger partial charge is 0.119 e. The Morgan fingerprint density at radius 2 is 1.61 bits per heavy atom. The Morgan fingerprint density at radius 3 is 2.22 bits per heavy atom. The summed E-state index contributed by atoms with van der Waals surface area (Å²) in [5, 5.41) is 0. The number of rotatable bonds is 5. The van der Waals surface area contributed by atoms with Gasteiger partial charge in [0.2, 0.25) is 0 Å². The lowest BCUT2D eigenvalue weighted by molar-refractivity contribution is 0.239. The molecule has 1 aliphatic rings. The summed E-state index contributed by atoms with van der Waals surface area (Å²) in [6.45, 7) is 5.26. The van der Waals surface area contributed by atoms with Crippen molar-refractivity contribution in [2.45, 2.75) is 44.6 Å². The van der Waals surface area contributed by atoms with Crippen molar-refractivity contribution in [1.29, 1.82) is 0 Å². The third-order valence-electron chi connectivity index (χ3n) is 5.25. The van der Waals surface area contributed by atoms with E-state index in [-0.39, 0.29) is 5.41 Å². The molecule has 0 amide bonds. The number of hydrogen-bond donors (Lipinski definition) is 1. The van der Waals surface area contributed by atoms with Gasteiger partial charge in [0.15, 0.2) is 0 Å². The van der Waals surface area contributed by atoms with Crippen LogP contribution in [0.2, 0.25) is 0 Å². The molecule has 2 nitrogen and oxygen atoms in total. The predicted octanol–water partition coefficient (Wildman–Crippen LogP) is 4.52. The van der Waals surface area contributed by atoms with Crippen molar-refractivity contribution in [2.75, 3.05) is 6.61 Å². The van der Waals surface area contributed by atoms with Gasteiger partial charge in [0, 0.05) is 17.4 Å². The molecule has 0 heterocycles. The van der Waals surface area contributed by atoms with Gasteiger partial charge >= 0.3 is 0 Å². The van der Waals surface area contributed by atoms with Crippen molar-refractivity contribution >= 4 is 0 Å². The number of nitrogens with two attached hydrogens (primary N) is 1. The second-order valence-corrected chi connectivity index (χ2v) is 7.18. The summed E-state index contributed by atoms with van der Waals surface area (Å²) in [4.78, 5) is 0. The van der Waals surface area contributed by atoms with E-state index in [0.29, 0.717) is 12.0 Å². The summed E-state index contributed by atoms with van der Waals surface area (Å²) in [5.41, 5.74) is 8.73. The third-order valence-corrected chi connectivity index (χ3v) is 5.25. The second kappa shape index (κ2) is 6.76. The highest BCUT2D eigenvalue weighted by Crippen LogP contribution is 2.32. The molecule has 0 saturated heterocycles. The van der Waals surface area contributed by atoms with Crippen LogP contribution in [0.5, 0.6) is 5.75 Å². The Hall–Kier alpha value is -1.80. The monoisotopic (exact) mass is 309 g/mol. The molecule has 0 spiro atoms. The molecule has 23 heavy (non-hydrogen) atoms. The van der Waals surface area contributed by atoms with Gasteiger partial charge in [-0.25, -0.2) is 0 Å². The van der Waals surface area contributed by atoms with Crippen LogP contribution in [0.25, 0.3) is 0 Å². The largest absolute Gasteiger partial charge is 0.493 e. The molecule has 2 heteroatoms. The van der Waals surface area contributed by atoms with Crippen LogP contribution >= 0.6 is 0 Å². The Morgan fingerprint density at radius 1 is 0.957 bits per heavy atom. The molecule has 1 fully saturated rings. The van der Waals surface area contributed by atoms with Gasteiger partial charge in [-0.3, -0.25) is 0 Å². The average molecular weight is 309 g/mol. The fraction of sp³-hybridized carbons (Fsp3) is 0.429. The molecular weight excluding hydrogens is 282 g/mol. The highest BCUT2D eigenvalue weighted by Gasteiger charge is 2.25. The highest BCUT2D eigenvalue weighted by molar-refractivity contribution is 5.39. The lowest BCUT2D eigenvalue weighted by Gasteiger charge is -2.26. The lowest BCUT2D eigenvalue weighted by Crippen LogP contribution is -2.28. The van der Waals surface area contributed by atoms with Gasteiger partial charge in [-0.05, 0) is 36.1 Å². The Labute approximate surface area is 139 Å². The summed E-state index contributed by atoms with van der Waals surface area (Å²) >= 11 is 0. The first-order chi connectivity index (χ1) is 11.1. The Balaban J connectivity index is 1.67. The quantitative estimate of drug-likeness (QED) is 0.881. The first-order valence-electron chi connectivity index (χ1n) is 8.62. The minimum Gasteiger partial charge on any atom is -0.493 e. The topological polar surface area (TPSA) is 35.2 Å². The molecule has 2 atom stereocenters. The lowest BCUT2D eigenvalue weighted by atomic mass is 9.78. The van der Waals surface area contributed by atoms with E-state index in [4.69, 9.17) is 10.5 Å². The first kappa shape index (κ1) is 16.1. The Kier molecular flexibility index (Phi) is 4.72. The van der Waals surface area contributed by atoms with Crippen LogP contribution < -0.4 is 10.5 Å². The molecule has 122 valence electrons. The van der Waals surface area contributed by atoms with E-state index in [9.17, 15) is 0 Å². The van der Waals surface area contributed by atoms with E-state index in [1.807, 2.05) is 0 Å². The van der Waals surface area contributed by atoms with E-state index >= 15 is 0 Å². The van der Waals surface area contributed by atoms with E-state index in [0.717, 1.165) is 18.8 Å². The van der Waals surface area contributed by atoms with E-state index in [1.54, 1.807) is 0 Å². The van der Waals surface area contributed by atoms with Crippen LogP contribution in [0.4, 0.5) is 0 Å². The van der Waals surface area contributed by atoms with Crippen LogP contribution in [-0.2, 0) is 5.41 Å². The molecule has 1 aliphatic carbocycles. The second-order valence-electron chi connectivity index (χ2n) is 7.18. The zero-order valence-electron chi connectivity index (χ0n) is 14.2. The van der Waals surface area contributed by atoms with Crippen molar-refractivity contribution < 1.29 is 4.74 Å². The maximum Gasteiger partial charge on any atom is 0.119 e. The molecule has 3 rings (SSSR count). The third kappa shape index (κ3) is 3.59. The van der Waals surface area contributed by atoms with Gasteiger partial charge in [0.1, 0.15) is 5.75 Å². The van der Waals surface area contributed by atoms with Gasteiger partial charge in [0.05, 0.1) is 6.61 Å². The van der Waals surface area contributed by atoms with Crippen molar-refractivity contribution in [1.82, 2.24) is 0 Å². The molecular formula is C21H27NO. The van der Waals surface area contributed by atoms with Crippen molar-refractivity contribution in [3.63, 3.8) is 0 Å². The minimum absolute atomic E-state index is 0.00635. The number of benzene rings is 2. The normalized spacial score (nSPS) is 21.3. The van der Waals surface area contributed by atoms with Crippen LogP contribution in [0, 0.1) is 5.92 Å². The maximum absolute atomic E-state index is 6.11. The number of hydrogen-bond acceptors (Lipinski definition) is 2. The molecule has 1 saturated carbocycles. The van der Waals surface area contributed by atoms with Gasteiger partial charge in [-0.1, -0.05) is 62.7 Å². The first-order valence-corrected chi connectivity index (χ1v) is 8.62. The van der Waals surface area contributed by atoms with E-state index in [2.05, 4.69) is 68.4 Å². The average Bonchev–Trinajstić information content (AvgIpc) is 2.99. The van der Waals surface area contributed by atoms with Gasteiger partial charge in [0.25, 0.3) is 0 Å². The Bertz CT molecular complexity index is 618. The molecule has 0 radical (unpaired) electrons. The fourth-order valence-corrected chi connectivity index (χ4v) is 3.47. The zero-order valence-corrected chi connectivity index (χ0v) is 14.2. The summed E-state index contributed by atoms with van der Waals surface area (Å²) < 4.78 is 5.95. The SMILES string of the molecule is CC(C)(c1ccccc1)c1ccc(OC[C@@H]2CCC[C@@H]2N)cc1. The molecule has 2 aromatic carbocycles. The molecule has 0 aliphatic heterocycles. The molecule has 2 aromatic rings. The van der Waals surface area contributed by atoms with Crippen molar-refractivity contribution in [3.05, 3.63) is 65.7 Å². The molecule has 0 aromatic heterocycles. The summed E-state index contributed by atoms with van der Waals surface area (Å²) in [6.07, 6.45) is 3.57. The van der Waals surface area contributed by atoms with Crippen LogP contribution in [-0.4, -0.2) is 12.6 Å². The summed E-state index contributed by atoms with van der Waals surface area (Å²) in [6, 6.07) is 19.5. The maximum atomic E-state index is 6.11. The van der Waals surface area contributed by atoms with Crippen molar-refractivity contribution in [3.8, 4) is 5.75 Å². The van der Waals surface area contributed by atoms with Crippen molar-refractivity contribution in [2.24, 2.45) is 11.7 Å². The van der Waals surface area contributed by atoms with Gasteiger partial charge in [-0.2, -0.15) is 0 Å². The van der Waals surface area contributed by atoms with Gasteiger partial charge in [-0.15, -0.1) is 0 Å². The van der Waals surface area contributed by atoms with Crippen LogP contribution in [0.15, 0.2) is 54.6 Å². The fourth-order valence-electron chi connectivity index (χ4n) is 3.47. The van der Waals surface area contributed by atoms with E-state index in [1.165, 1.54) is 24.0 Å². The summed E-state index contributed by atoms with van der Waals surface area (Å²) in [5.74, 6) is 1.45. The molecule has 0 unspecified atom stereocenters. The highest BCUT2D eigenvalue weighted by atomic mass is 16.5.